The molecule has 0 aromatic heterocycles. The molecule has 0 spiro atoms. The Bertz CT molecular complexity index is 596. The van der Waals surface area contributed by atoms with Crippen LogP contribution in [0.15, 0.2) is 23.8 Å². The van der Waals surface area contributed by atoms with Crippen LogP contribution in [-0.2, 0) is 6.54 Å². The minimum atomic E-state index is -0.349. The summed E-state index contributed by atoms with van der Waals surface area (Å²) in [5, 5.41) is 20.5. The highest BCUT2D eigenvalue weighted by molar-refractivity contribution is 5.51. The van der Waals surface area contributed by atoms with Crippen LogP contribution in [-0.4, -0.2) is 40.9 Å². The van der Waals surface area contributed by atoms with Crippen molar-refractivity contribution < 1.29 is 14.9 Å². The lowest BCUT2D eigenvalue weighted by molar-refractivity contribution is 0.0828. The van der Waals surface area contributed by atoms with Crippen molar-refractivity contribution in [3.05, 3.63) is 34.9 Å². The Morgan fingerprint density at radius 3 is 3.00 bits per heavy atom. The molecule has 3 aliphatic rings. The van der Waals surface area contributed by atoms with Gasteiger partial charge in [0.2, 0.25) is 0 Å². The van der Waals surface area contributed by atoms with Gasteiger partial charge in [0.1, 0.15) is 0 Å². The molecule has 1 aromatic carbocycles. The molecule has 0 unspecified atom stereocenters. The number of phenolic OH excluding ortho intramolecular Hbond substituents is 1. The number of ether oxygens (including phenoxy) is 1. The summed E-state index contributed by atoms with van der Waals surface area (Å²) in [5.41, 5.74) is 3.73. The van der Waals surface area contributed by atoms with Gasteiger partial charge in [0.05, 0.1) is 13.2 Å². The van der Waals surface area contributed by atoms with Crippen LogP contribution in [0, 0.1) is 0 Å². The Morgan fingerprint density at radius 2 is 2.20 bits per heavy atom. The topological polar surface area (TPSA) is 52.9 Å². The molecule has 0 amide bonds. The van der Waals surface area contributed by atoms with Crippen molar-refractivity contribution in [1.82, 2.24) is 4.90 Å². The highest BCUT2D eigenvalue weighted by Gasteiger charge is 2.45. The van der Waals surface area contributed by atoms with Crippen LogP contribution in [0.3, 0.4) is 0 Å². The first-order chi connectivity index (χ1) is 9.69. The number of benzene rings is 1. The Hall–Kier alpha value is -1.52. The number of hydrogen-bond acceptors (Lipinski definition) is 4. The number of methoxy groups -OCH3 is 1. The molecular formula is C16H19NO3. The van der Waals surface area contributed by atoms with E-state index in [1.54, 1.807) is 13.2 Å². The van der Waals surface area contributed by atoms with Gasteiger partial charge >= 0.3 is 0 Å². The number of aliphatic hydroxyl groups excluding tert-OH is 1. The third kappa shape index (κ3) is 1.55. The van der Waals surface area contributed by atoms with Gasteiger partial charge in [-0.15, -0.1) is 0 Å². The zero-order valence-electron chi connectivity index (χ0n) is 11.5. The smallest absolute Gasteiger partial charge is 0.160 e. The predicted octanol–water partition coefficient (Wildman–Crippen LogP) is 1.76. The Kier molecular flexibility index (Phi) is 2.59. The third-order valence-corrected chi connectivity index (χ3v) is 5.01. The number of fused-ring (bicyclic) bond motifs is 2. The van der Waals surface area contributed by atoms with Crippen LogP contribution in [0.25, 0.3) is 0 Å². The summed E-state index contributed by atoms with van der Waals surface area (Å²) in [6, 6.07) is 4.05. The third-order valence-electron chi connectivity index (χ3n) is 5.01. The molecule has 1 aliphatic carbocycles. The lowest BCUT2D eigenvalue weighted by Gasteiger charge is -2.43. The average Bonchev–Trinajstić information content (AvgIpc) is 2.84. The van der Waals surface area contributed by atoms with Crippen molar-refractivity contribution in [2.45, 2.75) is 37.5 Å². The lowest BCUT2D eigenvalue weighted by Crippen LogP contribution is -2.45. The number of rotatable bonds is 1. The van der Waals surface area contributed by atoms with E-state index in [1.165, 1.54) is 5.57 Å². The maximum Gasteiger partial charge on any atom is 0.160 e. The second kappa shape index (κ2) is 4.24. The summed E-state index contributed by atoms with van der Waals surface area (Å²) in [7, 11) is 1.56. The Labute approximate surface area is 118 Å². The highest BCUT2D eigenvalue weighted by atomic mass is 16.5. The minimum Gasteiger partial charge on any atom is -0.504 e. The molecule has 4 rings (SSSR count). The van der Waals surface area contributed by atoms with E-state index in [1.807, 2.05) is 6.07 Å². The average molecular weight is 273 g/mol. The maximum absolute atomic E-state index is 10.5. The van der Waals surface area contributed by atoms with Crippen LogP contribution in [0.5, 0.6) is 11.5 Å². The SMILES string of the molecule is COc1cc2c(cc1O)CN1CCC3=CC[C@@H](O)[C@@H]2[C@H]31. The van der Waals surface area contributed by atoms with Crippen LogP contribution < -0.4 is 4.74 Å². The molecule has 0 radical (unpaired) electrons. The zero-order valence-corrected chi connectivity index (χ0v) is 11.5. The van der Waals surface area contributed by atoms with E-state index in [0.717, 1.165) is 37.1 Å². The van der Waals surface area contributed by atoms with E-state index in [-0.39, 0.29) is 17.8 Å². The van der Waals surface area contributed by atoms with Crippen molar-refractivity contribution in [2.24, 2.45) is 0 Å². The van der Waals surface area contributed by atoms with E-state index < -0.39 is 0 Å². The summed E-state index contributed by atoms with van der Waals surface area (Å²) in [6.45, 7) is 1.89. The van der Waals surface area contributed by atoms with Crippen molar-refractivity contribution >= 4 is 0 Å². The van der Waals surface area contributed by atoms with E-state index in [4.69, 9.17) is 4.74 Å². The standard InChI is InChI=1S/C16H19NO3/c1-20-14-7-11-10(6-13(14)19)8-17-5-4-9-2-3-12(18)15(11)16(9)17/h2,6-7,12,15-16,18-19H,3-5,8H2,1H3/t12-,15-,16+/m1/s1. The molecule has 0 saturated carbocycles. The van der Waals surface area contributed by atoms with Crippen LogP contribution in [0.4, 0.5) is 0 Å². The Balaban J connectivity index is 1.88. The predicted molar refractivity (Wildman–Crippen MR) is 74.9 cm³/mol. The Morgan fingerprint density at radius 1 is 1.35 bits per heavy atom. The van der Waals surface area contributed by atoms with Crippen LogP contribution in [0.2, 0.25) is 0 Å². The fourth-order valence-electron chi connectivity index (χ4n) is 4.12. The fourth-order valence-corrected chi connectivity index (χ4v) is 4.12. The van der Waals surface area contributed by atoms with Gasteiger partial charge < -0.3 is 14.9 Å². The second-order valence-corrected chi connectivity index (χ2v) is 6.00. The monoisotopic (exact) mass is 273 g/mol. The van der Waals surface area contributed by atoms with Gasteiger partial charge in [-0.1, -0.05) is 11.6 Å². The number of aliphatic hydroxyl groups is 1. The summed E-state index contributed by atoms with van der Waals surface area (Å²) < 4.78 is 5.24. The maximum atomic E-state index is 10.5. The minimum absolute atomic E-state index is 0.107. The molecule has 1 fully saturated rings. The number of aromatic hydroxyl groups is 1. The number of phenols is 1. The number of hydrogen-bond donors (Lipinski definition) is 2. The van der Waals surface area contributed by atoms with Crippen molar-refractivity contribution in [3.8, 4) is 11.5 Å². The summed E-state index contributed by atoms with van der Waals surface area (Å²) in [6.07, 6.45) is 3.70. The molecule has 2 heterocycles. The second-order valence-electron chi connectivity index (χ2n) is 6.00. The molecule has 2 N–H and O–H groups in total. The van der Waals surface area contributed by atoms with Crippen LogP contribution in [0.1, 0.15) is 29.9 Å². The van der Waals surface area contributed by atoms with Gasteiger partial charge in [0.15, 0.2) is 11.5 Å². The first kappa shape index (κ1) is 12.2. The quantitative estimate of drug-likeness (QED) is 0.766. The zero-order chi connectivity index (χ0) is 13.9. The summed E-state index contributed by atoms with van der Waals surface area (Å²) in [5.74, 6) is 0.791. The normalized spacial score (nSPS) is 31.5. The van der Waals surface area contributed by atoms with E-state index >= 15 is 0 Å². The molecular weight excluding hydrogens is 254 g/mol. The highest BCUT2D eigenvalue weighted by Crippen LogP contribution is 2.48. The molecule has 4 heteroatoms. The summed E-state index contributed by atoms with van der Waals surface area (Å²) in [4.78, 5) is 2.42. The van der Waals surface area contributed by atoms with Crippen molar-refractivity contribution in [3.63, 3.8) is 0 Å². The van der Waals surface area contributed by atoms with Crippen molar-refractivity contribution in [1.29, 1.82) is 0 Å². The largest absolute Gasteiger partial charge is 0.504 e. The van der Waals surface area contributed by atoms with Gasteiger partial charge in [0, 0.05) is 25.0 Å². The molecule has 4 nitrogen and oxygen atoms in total. The van der Waals surface area contributed by atoms with Crippen LogP contribution >= 0.6 is 0 Å². The van der Waals surface area contributed by atoms with Gasteiger partial charge in [-0.05, 0) is 36.1 Å². The molecule has 1 saturated heterocycles. The molecule has 2 aliphatic heterocycles. The first-order valence-corrected chi connectivity index (χ1v) is 7.20. The summed E-state index contributed by atoms with van der Waals surface area (Å²) >= 11 is 0. The van der Waals surface area contributed by atoms with E-state index in [9.17, 15) is 10.2 Å². The first-order valence-electron chi connectivity index (χ1n) is 7.20. The molecule has 106 valence electrons. The molecule has 0 bridgehead atoms. The lowest BCUT2D eigenvalue weighted by atomic mass is 9.74. The van der Waals surface area contributed by atoms with Gasteiger partial charge in [-0.3, -0.25) is 4.90 Å². The van der Waals surface area contributed by atoms with Crippen molar-refractivity contribution in [2.75, 3.05) is 13.7 Å². The van der Waals surface area contributed by atoms with Gasteiger partial charge in [-0.2, -0.15) is 0 Å². The van der Waals surface area contributed by atoms with Gasteiger partial charge in [-0.25, -0.2) is 0 Å². The van der Waals surface area contributed by atoms with E-state index in [0.29, 0.717) is 11.8 Å². The number of nitrogens with zero attached hydrogens (tertiary/aromatic N) is 1. The molecule has 1 aromatic rings. The van der Waals surface area contributed by atoms with E-state index in [2.05, 4.69) is 11.0 Å². The molecule has 20 heavy (non-hydrogen) atoms. The van der Waals surface area contributed by atoms with Gasteiger partial charge in [0.25, 0.3) is 0 Å². The fraction of sp³-hybridized carbons (Fsp3) is 0.500. The molecule has 3 atom stereocenters.